The minimum atomic E-state index is -1.60. The SMILES string of the molecule is C=C(C)C.CC1C(C2=CC3(C2)CC(C(=O)O)(C(=O)O)C3)=CCC2(C)C1CCC1(C)C2CCC2[C@H]3CCCC3(CNCCCN3CCS(=O)CC3)CC[C@]21C. The van der Waals surface area contributed by atoms with Gasteiger partial charge in [0.15, 0.2) is 5.41 Å². The Labute approximate surface area is 329 Å². The Bertz CT molecular complexity index is 1570. The number of nitrogens with one attached hydrogen (secondary N) is 1. The van der Waals surface area contributed by atoms with Crippen LogP contribution in [0.25, 0.3) is 0 Å². The normalized spacial score (nSPS) is 41.9. The van der Waals surface area contributed by atoms with E-state index in [1.165, 1.54) is 87.5 Å². The molecule has 8 aliphatic rings. The average molecular weight is 765 g/mol. The smallest absolute Gasteiger partial charge is 0.321 e. The van der Waals surface area contributed by atoms with Crippen molar-refractivity contribution in [3.05, 3.63) is 35.5 Å². The number of aliphatic carboxylic acids is 2. The van der Waals surface area contributed by atoms with E-state index < -0.39 is 28.2 Å². The molecule has 7 aliphatic carbocycles. The Morgan fingerprint density at radius 1 is 0.926 bits per heavy atom. The number of nitrogens with zero attached hydrogens (tertiary/aromatic N) is 1. The molecule has 302 valence electrons. The second-order valence-electron chi connectivity index (χ2n) is 20.9. The van der Waals surface area contributed by atoms with Gasteiger partial charge >= 0.3 is 11.9 Å². The average Bonchev–Trinajstić information content (AvgIpc) is 3.49. The van der Waals surface area contributed by atoms with Crippen molar-refractivity contribution in [1.82, 2.24) is 10.2 Å². The molecule has 1 spiro atoms. The molecule has 0 amide bonds. The van der Waals surface area contributed by atoms with Crippen molar-refractivity contribution < 1.29 is 24.0 Å². The van der Waals surface area contributed by atoms with Crippen LogP contribution in [0.5, 0.6) is 0 Å². The van der Waals surface area contributed by atoms with Gasteiger partial charge in [-0.3, -0.25) is 13.8 Å². The molecule has 7 unspecified atom stereocenters. The quantitative estimate of drug-likeness (QED) is 0.122. The van der Waals surface area contributed by atoms with Crippen molar-refractivity contribution in [2.24, 2.45) is 62.1 Å². The third-order valence-corrected chi connectivity index (χ3v) is 19.1. The lowest BCUT2D eigenvalue weighted by atomic mass is 9.33. The molecule has 1 aliphatic heterocycles. The van der Waals surface area contributed by atoms with Crippen LogP contribution in [0.3, 0.4) is 0 Å². The highest BCUT2D eigenvalue weighted by atomic mass is 32.2. The molecule has 1 heterocycles. The molecule has 0 aromatic carbocycles. The van der Waals surface area contributed by atoms with Gasteiger partial charge in [-0.05, 0) is 178 Å². The maximum Gasteiger partial charge on any atom is 0.321 e. The van der Waals surface area contributed by atoms with Gasteiger partial charge < -0.3 is 20.4 Å². The van der Waals surface area contributed by atoms with Crippen molar-refractivity contribution in [3.8, 4) is 0 Å². The van der Waals surface area contributed by atoms with E-state index in [-0.39, 0.29) is 18.3 Å². The first-order chi connectivity index (χ1) is 25.4. The minimum Gasteiger partial charge on any atom is -0.480 e. The van der Waals surface area contributed by atoms with Gasteiger partial charge in [-0.2, -0.15) is 0 Å². The molecule has 0 aromatic heterocycles. The number of allylic oxidation sites excluding steroid dienone is 5. The Kier molecular flexibility index (Phi) is 10.9. The third-order valence-electron chi connectivity index (χ3n) is 17.8. The van der Waals surface area contributed by atoms with Crippen molar-refractivity contribution in [2.45, 2.75) is 131 Å². The van der Waals surface area contributed by atoms with E-state index in [9.17, 15) is 24.0 Å². The number of carbonyl (C=O) groups is 2. The van der Waals surface area contributed by atoms with Gasteiger partial charge in [-0.15, -0.1) is 6.58 Å². The van der Waals surface area contributed by atoms with Crippen LogP contribution in [0, 0.1) is 62.1 Å². The summed E-state index contributed by atoms with van der Waals surface area (Å²) in [4.78, 5) is 26.1. The molecule has 8 heteroatoms. The fourth-order valence-electron chi connectivity index (χ4n) is 15.0. The monoisotopic (exact) mass is 765 g/mol. The zero-order valence-electron chi connectivity index (χ0n) is 34.6. The Balaban J connectivity index is 0.00000107. The maximum atomic E-state index is 11.8. The number of hydrogen-bond donors (Lipinski definition) is 3. The van der Waals surface area contributed by atoms with Crippen molar-refractivity contribution in [3.63, 3.8) is 0 Å². The maximum absolute atomic E-state index is 11.8. The molecule has 0 radical (unpaired) electrons. The highest BCUT2D eigenvalue weighted by molar-refractivity contribution is 7.85. The molecule has 3 N–H and O–H groups in total. The van der Waals surface area contributed by atoms with Crippen molar-refractivity contribution in [2.75, 3.05) is 44.2 Å². The first-order valence-electron chi connectivity index (χ1n) is 21.7. The highest BCUT2D eigenvalue weighted by Gasteiger charge is 2.69. The standard InChI is InChI=1S/C42H64N2O5S.C4H8/c1-28-30(29-23-40(24-29)25-42(26-40,35(45)46)36(47)48)10-13-37(2)31(28)11-14-39(4)34(37)9-8-32-33-7-5-12-41(33,16-15-38(32,39)3)27-43-17-6-18-44-19-21-50(49)22-20-44;1-4(2)3/h10,23,28,31-34,43H,5-9,11-22,24-27H2,1-4H3,(H,45,46)(H,47,48);1H2,2-3H3/t28?,31?,32?,33-,34?,37?,38-,39?,41?;/m1./s1. The summed E-state index contributed by atoms with van der Waals surface area (Å²) in [6.07, 6.45) is 20.9. The summed E-state index contributed by atoms with van der Waals surface area (Å²) < 4.78 is 11.7. The van der Waals surface area contributed by atoms with Gasteiger partial charge in [0, 0.05) is 41.9 Å². The molecule has 9 atom stereocenters. The van der Waals surface area contributed by atoms with Gasteiger partial charge in [0.05, 0.1) is 0 Å². The second-order valence-corrected chi connectivity index (χ2v) is 22.6. The second kappa shape index (κ2) is 14.6. The first kappa shape index (κ1) is 40.4. The Hall–Kier alpha value is -1.77. The van der Waals surface area contributed by atoms with Gasteiger partial charge in [0.25, 0.3) is 0 Å². The fraction of sp³-hybridized carbons (Fsp3) is 0.826. The topological polar surface area (TPSA) is 107 Å². The Morgan fingerprint density at radius 2 is 1.59 bits per heavy atom. The Morgan fingerprint density at radius 3 is 2.24 bits per heavy atom. The molecule has 5 saturated carbocycles. The van der Waals surface area contributed by atoms with Gasteiger partial charge in [0.1, 0.15) is 0 Å². The molecular formula is C46H72N2O5S. The van der Waals surface area contributed by atoms with Crippen LogP contribution >= 0.6 is 0 Å². The summed E-state index contributed by atoms with van der Waals surface area (Å²) in [7, 11) is -0.593. The van der Waals surface area contributed by atoms with E-state index in [4.69, 9.17) is 0 Å². The molecule has 54 heavy (non-hydrogen) atoms. The number of fused-ring (bicyclic) bond motifs is 7. The molecular weight excluding hydrogens is 693 g/mol. The summed E-state index contributed by atoms with van der Waals surface area (Å²) >= 11 is 0. The van der Waals surface area contributed by atoms with Crippen LogP contribution in [0.2, 0.25) is 0 Å². The third kappa shape index (κ3) is 6.46. The zero-order chi connectivity index (χ0) is 38.9. The van der Waals surface area contributed by atoms with E-state index in [1.54, 1.807) is 0 Å². The highest BCUT2D eigenvalue weighted by Crippen LogP contribution is 2.76. The summed E-state index contributed by atoms with van der Waals surface area (Å²) in [6, 6.07) is 0. The lowest BCUT2D eigenvalue weighted by Gasteiger charge is -2.71. The number of carboxylic acids is 2. The summed E-state index contributed by atoms with van der Waals surface area (Å²) in [6.45, 7) is 23.5. The largest absolute Gasteiger partial charge is 0.480 e. The molecule has 0 aromatic rings. The van der Waals surface area contributed by atoms with Gasteiger partial charge in [-0.1, -0.05) is 51.8 Å². The number of hydrogen-bond acceptors (Lipinski definition) is 5. The predicted octanol–water partition coefficient (Wildman–Crippen LogP) is 8.88. The first-order valence-corrected chi connectivity index (χ1v) is 23.2. The van der Waals surface area contributed by atoms with Gasteiger partial charge in [-0.25, -0.2) is 0 Å². The van der Waals surface area contributed by atoms with Crippen LogP contribution in [-0.2, 0) is 20.4 Å². The van der Waals surface area contributed by atoms with Crippen molar-refractivity contribution in [1.29, 1.82) is 0 Å². The van der Waals surface area contributed by atoms with Crippen LogP contribution in [0.1, 0.15) is 131 Å². The van der Waals surface area contributed by atoms with Gasteiger partial charge in [0.2, 0.25) is 0 Å². The summed E-state index contributed by atoms with van der Waals surface area (Å²) in [5.41, 5.74) is 3.76. The number of rotatable bonds is 9. The van der Waals surface area contributed by atoms with E-state index in [0.29, 0.717) is 33.5 Å². The number of carboxylic acid groups (broad SMARTS) is 2. The van der Waals surface area contributed by atoms with Crippen LogP contribution in [0.15, 0.2) is 35.5 Å². The predicted molar refractivity (Wildman–Crippen MR) is 218 cm³/mol. The molecule has 7 nitrogen and oxygen atoms in total. The molecule has 0 bridgehead atoms. The lowest BCUT2D eigenvalue weighted by molar-refractivity contribution is -0.218. The van der Waals surface area contributed by atoms with Crippen LogP contribution in [-0.4, -0.2) is 75.5 Å². The van der Waals surface area contributed by atoms with Crippen LogP contribution < -0.4 is 5.32 Å². The summed E-state index contributed by atoms with van der Waals surface area (Å²) in [5, 5.41) is 23.3. The van der Waals surface area contributed by atoms with E-state index >= 15 is 0 Å². The van der Waals surface area contributed by atoms with Crippen LogP contribution in [0.4, 0.5) is 0 Å². The molecule has 8 rings (SSSR count). The zero-order valence-corrected chi connectivity index (χ0v) is 35.4. The van der Waals surface area contributed by atoms with E-state index in [1.807, 2.05) is 13.8 Å². The van der Waals surface area contributed by atoms with E-state index in [2.05, 4.69) is 56.6 Å². The van der Waals surface area contributed by atoms with E-state index in [0.717, 1.165) is 68.3 Å². The minimum absolute atomic E-state index is 0.228. The fourth-order valence-corrected chi connectivity index (χ4v) is 16.1. The molecule has 1 saturated heterocycles. The molecule has 6 fully saturated rings. The lowest BCUT2D eigenvalue weighted by Crippen LogP contribution is -2.64. The van der Waals surface area contributed by atoms with Crippen molar-refractivity contribution >= 4 is 22.7 Å². The summed E-state index contributed by atoms with van der Waals surface area (Å²) in [5.74, 6) is 2.95.